The molecule has 2 aromatic heterocycles. The topological polar surface area (TPSA) is 167 Å². The maximum absolute atomic E-state index is 14.9. The second-order valence-electron chi connectivity index (χ2n) is 6.97. The minimum atomic E-state index is -4.62. The molecule has 0 radical (unpaired) electrons. The Morgan fingerprint density at radius 3 is 2.67 bits per heavy atom. The number of fused-ring (bicyclic) bond motifs is 1. The van der Waals surface area contributed by atoms with E-state index < -0.39 is 57.0 Å². The number of hydrogen-bond donors (Lipinski definition) is 5. The van der Waals surface area contributed by atoms with Gasteiger partial charge >= 0.3 is 13.3 Å². The third-order valence-electron chi connectivity index (χ3n) is 4.52. The highest BCUT2D eigenvalue weighted by atomic mass is 31.2. The smallest absolute Gasteiger partial charge is 0.358 e. The quantitative estimate of drug-likeness (QED) is 0.312. The molecule has 0 aliphatic carbocycles. The van der Waals surface area contributed by atoms with Gasteiger partial charge in [-0.05, 0) is 19.9 Å². The zero-order valence-corrected chi connectivity index (χ0v) is 17.8. The zero-order chi connectivity index (χ0) is 22.7. The first-order chi connectivity index (χ1) is 13.9. The molecule has 30 heavy (non-hydrogen) atoms. The lowest BCUT2D eigenvalue weighted by Gasteiger charge is -2.29. The van der Waals surface area contributed by atoms with Crippen molar-refractivity contribution >= 4 is 18.6 Å². The molecule has 0 aliphatic heterocycles. The number of halogens is 1. The van der Waals surface area contributed by atoms with Gasteiger partial charge in [0.25, 0.3) is 0 Å². The Bertz CT molecular complexity index is 964. The monoisotopic (exact) mass is 451 g/mol. The second kappa shape index (κ2) is 9.65. The third-order valence-corrected chi connectivity index (χ3v) is 6.05. The van der Waals surface area contributed by atoms with Crippen molar-refractivity contribution in [2.45, 2.75) is 57.6 Å². The number of aromatic nitrogens is 3. The average Bonchev–Trinajstić information content (AvgIpc) is 3.02. The van der Waals surface area contributed by atoms with E-state index in [9.17, 15) is 34.0 Å². The Morgan fingerprint density at radius 1 is 1.43 bits per heavy atom. The van der Waals surface area contributed by atoms with E-state index in [0.29, 0.717) is 11.0 Å². The van der Waals surface area contributed by atoms with Crippen LogP contribution in [0.25, 0.3) is 11.0 Å². The van der Waals surface area contributed by atoms with E-state index in [1.54, 1.807) is 13.0 Å². The molecule has 0 bridgehead atoms. The molecule has 11 nitrogen and oxygen atoms in total. The lowest BCUT2D eigenvalue weighted by Crippen LogP contribution is -2.38. The van der Waals surface area contributed by atoms with Crippen LogP contribution in [0.2, 0.25) is 0 Å². The van der Waals surface area contributed by atoms with Gasteiger partial charge < -0.3 is 29.9 Å². The molecule has 0 fully saturated rings. The highest BCUT2D eigenvalue weighted by Gasteiger charge is 2.40. The Morgan fingerprint density at radius 2 is 2.10 bits per heavy atom. The van der Waals surface area contributed by atoms with Crippen LogP contribution in [0.5, 0.6) is 0 Å². The summed E-state index contributed by atoms with van der Waals surface area (Å²) in [6, 6.07) is 1.72. The van der Waals surface area contributed by atoms with Crippen LogP contribution in [-0.4, -0.2) is 65.8 Å². The summed E-state index contributed by atoms with van der Waals surface area (Å²) >= 11 is 0. The molecule has 5 atom stereocenters. The molecule has 0 amide bonds. The van der Waals surface area contributed by atoms with E-state index in [0.717, 1.165) is 17.2 Å². The van der Waals surface area contributed by atoms with Crippen molar-refractivity contribution in [2.24, 2.45) is 0 Å². The van der Waals surface area contributed by atoms with Gasteiger partial charge in [-0.15, -0.1) is 0 Å². The molecule has 170 valence electrons. The van der Waals surface area contributed by atoms with Crippen LogP contribution in [0.3, 0.4) is 0 Å². The van der Waals surface area contributed by atoms with Crippen molar-refractivity contribution < 1.29 is 38.4 Å². The van der Waals surface area contributed by atoms with Crippen molar-refractivity contribution in [3.05, 3.63) is 28.4 Å². The molecule has 0 aromatic carbocycles. The van der Waals surface area contributed by atoms with Crippen LogP contribution >= 0.6 is 7.60 Å². The van der Waals surface area contributed by atoms with E-state index >= 15 is 0 Å². The second-order valence-corrected chi connectivity index (χ2v) is 9.03. The number of aliphatic hydroxyl groups is 3. The minimum absolute atomic E-state index is 0.322. The third kappa shape index (κ3) is 5.73. The highest BCUT2D eigenvalue weighted by molar-refractivity contribution is 7.53. The van der Waals surface area contributed by atoms with Gasteiger partial charge in [0.05, 0.1) is 13.2 Å². The molecular formula is C17H27FN3O8P. The van der Waals surface area contributed by atoms with Gasteiger partial charge in [-0.2, -0.15) is 4.98 Å². The summed E-state index contributed by atoms with van der Waals surface area (Å²) in [7, 11) is -4.62. The van der Waals surface area contributed by atoms with Crippen molar-refractivity contribution in [3.8, 4) is 0 Å². The summed E-state index contributed by atoms with van der Waals surface area (Å²) in [5, 5.41) is 29.3. The number of H-pyrrole nitrogens is 1. The van der Waals surface area contributed by atoms with Crippen LogP contribution in [0, 0.1) is 6.92 Å². The Labute approximate surface area is 171 Å². The predicted molar refractivity (Wildman–Crippen MR) is 105 cm³/mol. The number of ether oxygens (including phenoxy) is 1. The fraction of sp³-hybridized carbons (Fsp3) is 0.647. The maximum atomic E-state index is 14.9. The molecule has 0 aliphatic rings. The normalized spacial score (nSPS) is 19.2. The maximum Gasteiger partial charge on any atom is 0.358 e. The molecule has 2 rings (SSSR count). The molecular weight excluding hydrogens is 424 g/mol. The van der Waals surface area contributed by atoms with Crippen LogP contribution in [-0.2, 0) is 13.8 Å². The fourth-order valence-corrected chi connectivity index (χ4v) is 3.57. The van der Waals surface area contributed by atoms with Crippen molar-refractivity contribution in [2.75, 3.05) is 13.2 Å². The Kier molecular flexibility index (Phi) is 7.91. The van der Waals surface area contributed by atoms with Gasteiger partial charge in [0.15, 0.2) is 12.1 Å². The molecule has 5 N–H and O–H groups in total. The average molecular weight is 451 g/mol. The number of nitrogens with zero attached hydrogens (tertiary/aromatic N) is 2. The van der Waals surface area contributed by atoms with E-state index in [2.05, 4.69) is 14.5 Å². The lowest BCUT2D eigenvalue weighted by molar-refractivity contribution is -0.135. The van der Waals surface area contributed by atoms with Crippen LogP contribution in [0.1, 0.15) is 38.6 Å². The van der Waals surface area contributed by atoms with Crippen LogP contribution in [0.4, 0.5) is 4.39 Å². The zero-order valence-electron chi connectivity index (χ0n) is 16.9. The number of aliphatic hydroxyl groups excluding tert-OH is 3. The van der Waals surface area contributed by atoms with Gasteiger partial charge in [-0.25, -0.2) is 9.18 Å². The Hall–Kier alpha value is -1.66. The van der Waals surface area contributed by atoms with Gasteiger partial charge in [-0.3, -0.25) is 13.7 Å². The van der Waals surface area contributed by atoms with Crippen LogP contribution < -0.4 is 5.69 Å². The SMILES string of the molecule is CCC(F)(CCO[C@H]([C@H](O)CO)n1cc2cc(C)[nH]c2nc1=O)OP(=O)(O)C(C)O. The van der Waals surface area contributed by atoms with Crippen molar-refractivity contribution in [3.63, 3.8) is 0 Å². The van der Waals surface area contributed by atoms with E-state index in [1.807, 2.05) is 0 Å². The summed E-state index contributed by atoms with van der Waals surface area (Å²) in [6.07, 6.45) is -2.40. The standard InChI is InChI=1S/C17H27FN3O8P/c1-4-17(18,29-30(26,27)11(3)23)5-6-28-15(13(24)9-22)21-8-12-7-10(2)19-14(12)20-16(21)25/h7-8,11,13,15,22-24H,4-6,9H2,1-3H3,(H,26,27)(H,19,20,25)/t11?,13-,15-,17?/m1/s1. The number of nitrogens with one attached hydrogen (secondary N) is 1. The van der Waals surface area contributed by atoms with Gasteiger partial charge in [0.1, 0.15) is 11.8 Å². The predicted octanol–water partition coefficient (Wildman–Crippen LogP) is 0.908. The number of aryl methyl sites for hydroxylation is 1. The van der Waals surface area contributed by atoms with E-state index in [1.165, 1.54) is 13.1 Å². The van der Waals surface area contributed by atoms with Crippen molar-refractivity contribution in [1.29, 1.82) is 0 Å². The Balaban J connectivity index is 2.21. The molecule has 13 heteroatoms. The molecule has 0 spiro atoms. The number of alkyl halides is 1. The first-order valence-electron chi connectivity index (χ1n) is 9.31. The molecule has 0 saturated heterocycles. The summed E-state index contributed by atoms with van der Waals surface area (Å²) in [4.78, 5) is 28.7. The molecule has 2 heterocycles. The number of aromatic amines is 1. The van der Waals surface area contributed by atoms with Gasteiger partial charge in [0.2, 0.25) is 5.85 Å². The summed E-state index contributed by atoms with van der Waals surface area (Å²) in [6.45, 7) is 2.95. The van der Waals surface area contributed by atoms with E-state index in [-0.39, 0.29) is 6.42 Å². The lowest BCUT2D eigenvalue weighted by atomic mass is 10.2. The summed E-state index contributed by atoms with van der Waals surface area (Å²) in [5.74, 6) is -4.38. The summed E-state index contributed by atoms with van der Waals surface area (Å²) in [5.41, 5.74) is 0.322. The number of hydrogen-bond acceptors (Lipinski definition) is 8. The first kappa shape index (κ1) is 24.6. The summed E-state index contributed by atoms with van der Waals surface area (Å²) < 4.78 is 37.7. The molecule has 2 aromatic rings. The molecule has 3 unspecified atom stereocenters. The first-order valence-corrected chi connectivity index (χ1v) is 11.0. The number of rotatable bonds is 11. The molecule has 0 saturated carbocycles. The fourth-order valence-electron chi connectivity index (χ4n) is 2.72. The largest absolute Gasteiger partial charge is 0.394 e. The van der Waals surface area contributed by atoms with Gasteiger partial charge in [-0.1, -0.05) is 6.92 Å². The van der Waals surface area contributed by atoms with Crippen LogP contribution in [0.15, 0.2) is 17.1 Å². The van der Waals surface area contributed by atoms with E-state index in [4.69, 9.17) is 4.74 Å². The minimum Gasteiger partial charge on any atom is -0.394 e. The van der Waals surface area contributed by atoms with Crippen molar-refractivity contribution in [1.82, 2.24) is 14.5 Å². The van der Waals surface area contributed by atoms with Gasteiger partial charge in [0, 0.05) is 30.1 Å². The highest BCUT2D eigenvalue weighted by Crippen LogP contribution is 2.51.